The number of hydrogen-bond acceptors (Lipinski definition) is 8. The zero-order valence-electron chi connectivity index (χ0n) is 17.6. The quantitative estimate of drug-likeness (QED) is 0.505. The summed E-state index contributed by atoms with van der Waals surface area (Å²) < 4.78 is 29.5. The lowest BCUT2D eigenvalue weighted by atomic mass is 9.86. The maximum atomic E-state index is 14.3. The van der Waals surface area contributed by atoms with E-state index in [4.69, 9.17) is 11.5 Å². The lowest BCUT2D eigenvalue weighted by Crippen LogP contribution is -2.33. The zero-order chi connectivity index (χ0) is 22.8. The van der Waals surface area contributed by atoms with Crippen molar-refractivity contribution in [1.29, 1.82) is 0 Å². The molecule has 0 saturated heterocycles. The number of aromatic nitrogens is 6. The second-order valence-corrected chi connectivity index (χ2v) is 8.13. The van der Waals surface area contributed by atoms with Crippen LogP contribution in [0.4, 0.5) is 20.4 Å². The van der Waals surface area contributed by atoms with E-state index >= 15 is 0 Å². The fourth-order valence-electron chi connectivity index (χ4n) is 3.79. The Morgan fingerprint density at radius 2 is 1.88 bits per heavy atom. The van der Waals surface area contributed by atoms with Crippen molar-refractivity contribution in [3.63, 3.8) is 0 Å². The van der Waals surface area contributed by atoms with Crippen molar-refractivity contribution in [3.05, 3.63) is 53.0 Å². The number of fused-ring (bicyclic) bond motifs is 2. The highest BCUT2D eigenvalue weighted by atomic mass is 19.2. The number of anilines is 1. The molecule has 162 valence electrons. The predicted molar refractivity (Wildman–Crippen MR) is 115 cm³/mol. The number of rotatable bonds is 3. The highest BCUT2D eigenvalue weighted by molar-refractivity contribution is 6.00. The van der Waals surface area contributed by atoms with Gasteiger partial charge in [-0.1, -0.05) is 12.1 Å². The van der Waals surface area contributed by atoms with Gasteiger partial charge in [-0.15, -0.1) is 0 Å². The topological polar surface area (TPSA) is 134 Å². The number of nitrogens with zero attached hydrogens (tertiary/aromatic N) is 7. The summed E-state index contributed by atoms with van der Waals surface area (Å²) in [6, 6.07) is 3.99. The van der Waals surface area contributed by atoms with Crippen LogP contribution < -0.4 is 11.5 Å². The molecule has 11 heteroatoms. The van der Waals surface area contributed by atoms with Crippen LogP contribution in [0, 0.1) is 18.6 Å². The highest BCUT2D eigenvalue weighted by Crippen LogP contribution is 2.41. The van der Waals surface area contributed by atoms with Gasteiger partial charge in [0.15, 0.2) is 28.9 Å². The Morgan fingerprint density at radius 3 is 2.66 bits per heavy atom. The van der Waals surface area contributed by atoms with E-state index in [1.54, 1.807) is 13.1 Å². The normalized spacial score (nSPS) is 14.6. The van der Waals surface area contributed by atoms with Crippen LogP contribution in [0.3, 0.4) is 0 Å². The van der Waals surface area contributed by atoms with E-state index in [1.807, 2.05) is 13.8 Å². The monoisotopic (exact) mass is 435 g/mol. The van der Waals surface area contributed by atoms with Gasteiger partial charge in [-0.2, -0.15) is 5.10 Å². The average Bonchev–Trinajstić information content (AvgIpc) is 3.19. The van der Waals surface area contributed by atoms with Gasteiger partial charge in [-0.25, -0.2) is 38.4 Å². The molecule has 5 rings (SSSR count). The van der Waals surface area contributed by atoms with Crippen LogP contribution in [-0.4, -0.2) is 35.6 Å². The smallest absolute Gasteiger partial charge is 0.184 e. The molecule has 0 unspecified atom stereocenters. The van der Waals surface area contributed by atoms with Gasteiger partial charge in [0.25, 0.3) is 0 Å². The van der Waals surface area contributed by atoms with E-state index in [9.17, 15) is 8.78 Å². The predicted octanol–water partition coefficient (Wildman–Crippen LogP) is 2.78. The number of hydrogen-bond donors (Lipinski definition) is 2. The van der Waals surface area contributed by atoms with E-state index in [2.05, 4.69) is 30.0 Å². The Labute approximate surface area is 181 Å². The molecule has 1 aromatic carbocycles. The van der Waals surface area contributed by atoms with Gasteiger partial charge in [0, 0.05) is 11.8 Å². The summed E-state index contributed by atoms with van der Waals surface area (Å²) in [5, 5.41) is 5.10. The first-order chi connectivity index (χ1) is 15.2. The second-order valence-electron chi connectivity index (χ2n) is 8.13. The summed E-state index contributed by atoms with van der Waals surface area (Å²) in [7, 11) is 0. The van der Waals surface area contributed by atoms with Crippen LogP contribution in [0.25, 0.3) is 22.6 Å². The van der Waals surface area contributed by atoms with Crippen molar-refractivity contribution in [2.45, 2.75) is 32.7 Å². The number of aliphatic imine (C=N–C) groups is 1. The van der Waals surface area contributed by atoms with E-state index in [-0.39, 0.29) is 23.8 Å². The SMILES string of the molecule is Cc1ncc2c(-c3nc(N)c4c(n3)N=C(N)C4(C)C)nn(Cc3cccc(F)c3F)c2n1. The third-order valence-corrected chi connectivity index (χ3v) is 5.58. The Bertz CT molecular complexity index is 1440. The Kier molecular flexibility index (Phi) is 4.19. The van der Waals surface area contributed by atoms with Gasteiger partial charge in [0.1, 0.15) is 23.2 Å². The molecule has 1 aliphatic heterocycles. The van der Waals surface area contributed by atoms with Crippen LogP contribution in [-0.2, 0) is 12.0 Å². The summed E-state index contributed by atoms with van der Waals surface area (Å²) in [4.78, 5) is 22.0. The number of benzene rings is 1. The molecule has 0 fully saturated rings. The van der Waals surface area contributed by atoms with E-state index < -0.39 is 17.0 Å². The van der Waals surface area contributed by atoms with Gasteiger partial charge in [0.2, 0.25) is 0 Å². The zero-order valence-corrected chi connectivity index (χ0v) is 17.6. The Balaban J connectivity index is 1.69. The van der Waals surface area contributed by atoms with Crippen molar-refractivity contribution in [3.8, 4) is 11.5 Å². The first kappa shape index (κ1) is 19.9. The lowest BCUT2D eigenvalue weighted by molar-refractivity contribution is 0.493. The third kappa shape index (κ3) is 2.88. The molecule has 0 saturated carbocycles. The molecule has 4 aromatic rings. The summed E-state index contributed by atoms with van der Waals surface area (Å²) in [5.74, 6) is -0.147. The maximum absolute atomic E-state index is 14.3. The number of nitrogens with two attached hydrogens (primary N) is 2. The van der Waals surface area contributed by atoms with Gasteiger partial charge in [-0.3, -0.25) is 0 Å². The summed E-state index contributed by atoms with van der Waals surface area (Å²) in [5.41, 5.74) is 13.3. The standard InChI is InChI=1S/C21H19F2N9/c1-9-26-7-11-15(18-28-16(24)13-17(29-18)30-20(25)21(13,2)3)31-32(19(11)27-9)8-10-5-4-6-12(22)14(10)23/h4-7H,8H2,1-3H3,(H4,24,25,28,29,30). The Hall–Kier alpha value is -4.02. The molecular weight excluding hydrogens is 416 g/mol. The molecule has 3 aromatic heterocycles. The van der Waals surface area contributed by atoms with Crippen LogP contribution in [0.1, 0.15) is 30.8 Å². The first-order valence-corrected chi connectivity index (χ1v) is 9.83. The number of amidine groups is 1. The summed E-state index contributed by atoms with van der Waals surface area (Å²) >= 11 is 0. The van der Waals surface area contributed by atoms with Crippen molar-refractivity contribution in [1.82, 2.24) is 29.7 Å². The third-order valence-electron chi connectivity index (χ3n) is 5.58. The Morgan fingerprint density at radius 1 is 1.09 bits per heavy atom. The number of nitrogen functional groups attached to an aromatic ring is 1. The molecule has 0 spiro atoms. The molecule has 32 heavy (non-hydrogen) atoms. The van der Waals surface area contributed by atoms with Crippen LogP contribution in [0.15, 0.2) is 29.4 Å². The van der Waals surface area contributed by atoms with Crippen molar-refractivity contribution < 1.29 is 8.78 Å². The van der Waals surface area contributed by atoms with Gasteiger partial charge in [-0.05, 0) is 26.8 Å². The number of aryl methyl sites for hydroxylation is 1. The van der Waals surface area contributed by atoms with E-state index in [0.717, 1.165) is 6.07 Å². The summed E-state index contributed by atoms with van der Waals surface area (Å²) in [6.45, 7) is 5.47. The molecule has 0 bridgehead atoms. The minimum Gasteiger partial charge on any atom is -0.386 e. The largest absolute Gasteiger partial charge is 0.386 e. The van der Waals surface area contributed by atoms with Crippen molar-refractivity contribution >= 4 is 28.5 Å². The molecule has 1 aliphatic rings. The maximum Gasteiger partial charge on any atom is 0.184 e. The van der Waals surface area contributed by atoms with Gasteiger partial charge >= 0.3 is 0 Å². The highest BCUT2D eigenvalue weighted by Gasteiger charge is 2.38. The molecule has 4 N–H and O–H groups in total. The number of halogens is 2. The summed E-state index contributed by atoms with van der Waals surface area (Å²) in [6.07, 6.45) is 1.59. The van der Waals surface area contributed by atoms with Gasteiger partial charge < -0.3 is 11.5 Å². The van der Waals surface area contributed by atoms with Crippen molar-refractivity contribution in [2.75, 3.05) is 5.73 Å². The molecule has 9 nitrogen and oxygen atoms in total. The molecule has 0 radical (unpaired) electrons. The minimum atomic E-state index is -0.937. The average molecular weight is 435 g/mol. The van der Waals surface area contributed by atoms with Crippen LogP contribution in [0.2, 0.25) is 0 Å². The first-order valence-electron chi connectivity index (χ1n) is 9.83. The van der Waals surface area contributed by atoms with Gasteiger partial charge in [0.05, 0.1) is 22.9 Å². The molecule has 0 atom stereocenters. The fraction of sp³-hybridized carbons (Fsp3) is 0.238. The molecule has 0 aliphatic carbocycles. The van der Waals surface area contributed by atoms with Crippen LogP contribution >= 0.6 is 0 Å². The molecular formula is C21H19F2N9. The lowest BCUT2D eigenvalue weighted by Gasteiger charge is -2.19. The minimum absolute atomic E-state index is 0.0465. The van der Waals surface area contributed by atoms with Crippen LogP contribution in [0.5, 0.6) is 0 Å². The fourth-order valence-corrected chi connectivity index (χ4v) is 3.79. The molecule has 0 amide bonds. The van der Waals surface area contributed by atoms with E-state index in [0.29, 0.717) is 39.8 Å². The van der Waals surface area contributed by atoms with Crippen molar-refractivity contribution in [2.24, 2.45) is 10.7 Å². The second kappa shape index (κ2) is 6.74. The van der Waals surface area contributed by atoms with E-state index in [1.165, 1.54) is 16.8 Å². The molecule has 4 heterocycles.